The molecule has 0 bridgehead atoms. The van der Waals surface area contributed by atoms with Gasteiger partial charge in [0.15, 0.2) is 0 Å². The normalized spacial score (nSPS) is 13.1. The molecule has 0 radical (unpaired) electrons. The number of rotatable bonds is 10. The highest BCUT2D eigenvalue weighted by molar-refractivity contribution is 14.1. The third-order valence-electron chi connectivity index (χ3n) is 4.92. The third kappa shape index (κ3) is 5.80. The zero-order valence-corrected chi connectivity index (χ0v) is 18.6. The number of nitrogens with one attached hydrogen (secondary N) is 3. The molecular formula is C22H25IN4O3. The van der Waals surface area contributed by atoms with Gasteiger partial charge in [-0.2, -0.15) is 0 Å². The Morgan fingerprint density at radius 2 is 1.80 bits per heavy atom. The first kappa shape index (κ1) is 22.3. The van der Waals surface area contributed by atoms with Crippen LogP contribution >= 0.6 is 22.6 Å². The Bertz CT molecular complexity index is 1000. The van der Waals surface area contributed by atoms with E-state index in [0.29, 0.717) is 25.9 Å². The van der Waals surface area contributed by atoms with E-state index in [1.54, 1.807) is 46.9 Å². The standard InChI is InChI=1S/C22H25IN4O3/c23-21(29)19(11-14-5-7-16(28)8-6-14)27-22(30)20(25-10-9-24)12-15-13-26-18-4-2-1-3-17(15)18/h1-8,13,19-20,25-26,28H,9-12,24H2,(H,27,30)/t19-,20-/m0/s1. The van der Waals surface area contributed by atoms with Crippen LogP contribution in [0.4, 0.5) is 0 Å². The largest absolute Gasteiger partial charge is 0.508 e. The molecule has 1 heterocycles. The van der Waals surface area contributed by atoms with E-state index in [1.165, 1.54) is 0 Å². The summed E-state index contributed by atoms with van der Waals surface area (Å²) in [7, 11) is 0. The van der Waals surface area contributed by atoms with Gasteiger partial charge in [0.05, 0.1) is 6.04 Å². The Balaban J connectivity index is 1.74. The lowest BCUT2D eigenvalue weighted by molar-refractivity contribution is -0.126. The van der Waals surface area contributed by atoms with Gasteiger partial charge in [-0.1, -0.05) is 30.3 Å². The van der Waals surface area contributed by atoms with Crippen molar-refractivity contribution < 1.29 is 14.7 Å². The minimum absolute atomic E-state index is 0.154. The van der Waals surface area contributed by atoms with Crippen LogP contribution in [0, 0.1) is 0 Å². The van der Waals surface area contributed by atoms with Crippen molar-refractivity contribution in [3.8, 4) is 5.75 Å². The summed E-state index contributed by atoms with van der Waals surface area (Å²) in [5, 5.41) is 16.6. The van der Waals surface area contributed by atoms with Crippen LogP contribution in [0.25, 0.3) is 10.9 Å². The first-order chi connectivity index (χ1) is 14.5. The summed E-state index contributed by atoms with van der Waals surface area (Å²) >= 11 is 1.71. The summed E-state index contributed by atoms with van der Waals surface area (Å²) in [6.07, 6.45) is 2.73. The molecule has 1 aromatic heterocycles. The second-order valence-corrected chi connectivity index (χ2v) is 8.16. The van der Waals surface area contributed by atoms with E-state index in [-0.39, 0.29) is 15.4 Å². The molecule has 0 saturated heterocycles. The van der Waals surface area contributed by atoms with Crippen molar-refractivity contribution in [2.24, 2.45) is 5.73 Å². The molecule has 30 heavy (non-hydrogen) atoms. The lowest BCUT2D eigenvalue weighted by atomic mass is 10.0. The Morgan fingerprint density at radius 1 is 1.07 bits per heavy atom. The van der Waals surface area contributed by atoms with E-state index in [2.05, 4.69) is 15.6 Å². The second kappa shape index (κ2) is 10.6. The predicted octanol–water partition coefficient (Wildman–Crippen LogP) is 2.02. The average Bonchev–Trinajstić information content (AvgIpc) is 3.15. The monoisotopic (exact) mass is 520 g/mol. The number of H-pyrrole nitrogens is 1. The number of aromatic nitrogens is 1. The number of hydrogen-bond donors (Lipinski definition) is 5. The van der Waals surface area contributed by atoms with Gasteiger partial charge in [0.2, 0.25) is 9.70 Å². The van der Waals surface area contributed by atoms with Gasteiger partial charge >= 0.3 is 0 Å². The van der Waals surface area contributed by atoms with Crippen LogP contribution in [0.3, 0.4) is 0 Å². The molecule has 0 fully saturated rings. The van der Waals surface area contributed by atoms with Crippen LogP contribution in [0.15, 0.2) is 54.7 Å². The van der Waals surface area contributed by atoms with Crippen molar-refractivity contribution in [3.63, 3.8) is 0 Å². The maximum Gasteiger partial charge on any atom is 0.238 e. The summed E-state index contributed by atoms with van der Waals surface area (Å²) in [5.41, 5.74) is 8.51. The highest BCUT2D eigenvalue weighted by Gasteiger charge is 2.25. The van der Waals surface area contributed by atoms with Gasteiger partial charge in [0.25, 0.3) is 0 Å². The molecule has 158 valence electrons. The lowest BCUT2D eigenvalue weighted by Crippen LogP contribution is -2.51. The fourth-order valence-electron chi connectivity index (χ4n) is 3.36. The smallest absolute Gasteiger partial charge is 0.238 e. The minimum atomic E-state index is -0.659. The van der Waals surface area contributed by atoms with Gasteiger partial charge in [-0.15, -0.1) is 0 Å². The lowest BCUT2D eigenvalue weighted by Gasteiger charge is -2.22. The number of carbonyl (C=O) groups is 2. The molecule has 8 heteroatoms. The number of benzene rings is 2. The van der Waals surface area contributed by atoms with Gasteiger partial charge in [-0.25, -0.2) is 0 Å². The van der Waals surface area contributed by atoms with E-state index in [4.69, 9.17) is 5.73 Å². The van der Waals surface area contributed by atoms with Gasteiger partial charge in [0.1, 0.15) is 11.8 Å². The molecule has 0 saturated carbocycles. The van der Waals surface area contributed by atoms with Crippen LogP contribution in [0.2, 0.25) is 0 Å². The van der Waals surface area contributed by atoms with E-state index in [9.17, 15) is 14.7 Å². The van der Waals surface area contributed by atoms with Crippen molar-refractivity contribution in [2.75, 3.05) is 13.1 Å². The highest BCUT2D eigenvalue weighted by Crippen LogP contribution is 2.19. The first-order valence-electron chi connectivity index (χ1n) is 9.74. The number of halogens is 1. The molecule has 3 aromatic rings. The molecule has 7 nitrogen and oxygen atoms in total. The quantitative estimate of drug-likeness (QED) is 0.207. The third-order valence-corrected chi connectivity index (χ3v) is 5.67. The van der Waals surface area contributed by atoms with E-state index >= 15 is 0 Å². The van der Waals surface area contributed by atoms with Crippen molar-refractivity contribution in [3.05, 3.63) is 65.9 Å². The van der Waals surface area contributed by atoms with E-state index < -0.39 is 12.1 Å². The van der Waals surface area contributed by atoms with Crippen LogP contribution in [0.5, 0.6) is 5.75 Å². The Hall–Kier alpha value is -2.43. The highest BCUT2D eigenvalue weighted by atomic mass is 127. The number of fused-ring (bicyclic) bond motifs is 1. The number of amides is 1. The van der Waals surface area contributed by atoms with Crippen LogP contribution in [-0.4, -0.2) is 45.0 Å². The first-order valence-corrected chi connectivity index (χ1v) is 10.8. The summed E-state index contributed by atoms with van der Waals surface area (Å²) < 4.78 is -0.154. The second-order valence-electron chi connectivity index (χ2n) is 7.09. The van der Waals surface area contributed by atoms with Crippen LogP contribution < -0.4 is 16.4 Å². The molecule has 0 aliphatic heterocycles. The summed E-state index contributed by atoms with van der Waals surface area (Å²) in [4.78, 5) is 28.4. The molecular weight excluding hydrogens is 495 g/mol. The molecule has 2 aromatic carbocycles. The van der Waals surface area contributed by atoms with Gasteiger partial charge < -0.3 is 26.5 Å². The fraction of sp³-hybridized carbons (Fsp3) is 0.273. The number of hydrogen-bond acceptors (Lipinski definition) is 5. The summed E-state index contributed by atoms with van der Waals surface area (Å²) in [5.74, 6) is -0.0903. The zero-order valence-electron chi connectivity index (χ0n) is 16.4. The fourth-order valence-corrected chi connectivity index (χ4v) is 3.74. The Morgan fingerprint density at radius 3 is 2.50 bits per heavy atom. The van der Waals surface area contributed by atoms with Crippen molar-refractivity contribution in [2.45, 2.75) is 24.9 Å². The van der Waals surface area contributed by atoms with Crippen molar-refractivity contribution in [1.82, 2.24) is 15.6 Å². The topological polar surface area (TPSA) is 120 Å². The van der Waals surface area contributed by atoms with Crippen molar-refractivity contribution in [1.29, 1.82) is 0 Å². The molecule has 0 aliphatic rings. The van der Waals surface area contributed by atoms with Gasteiger partial charge in [-0.05, 0) is 35.7 Å². The molecule has 3 rings (SSSR count). The number of carbonyl (C=O) groups excluding carboxylic acids is 2. The van der Waals surface area contributed by atoms with Crippen LogP contribution in [0.1, 0.15) is 11.1 Å². The maximum atomic E-state index is 13.1. The summed E-state index contributed by atoms with van der Waals surface area (Å²) in [6.45, 7) is 0.890. The molecule has 0 spiro atoms. The Labute approximate surface area is 188 Å². The van der Waals surface area contributed by atoms with Crippen LogP contribution in [-0.2, 0) is 22.4 Å². The Kier molecular flexibility index (Phi) is 7.83. The zero-order chi connectivity index (χ0) is 21.5. The minimum Gasteiger partial charge on any atom is -0.508 e. The van der Waals surface area contributed by atoms with Gasteiger partial charge in [0, 0.05) is 59.2 Å². The number of aromatic amines is 1. The number of phenolic OH excluding ortho intramolecular Hbond substituents is 1. The maximum absolute atomic E-state index is 13.1. The number of aromatic hydroxyl groups is 1. The van der Waals surface area contributed by atoms with Crippen molar-refractivity contribution >= 4 is 43.2 Å². The molecule has 2 atom stereocenters. The molecule has 0 aliphatic carbocycles. The number of nitrogens with two attached hydrogens (primary N) is 1. The average molecular weight is 520 g/mol. The van der Waals surface area contributed by atoms with Gasteiger partial charge in [-0.3, -0.25) is 9.59 Å². The predicted molar refractivity (Wildman–Crippen MR) is 126 cm³/mol. The van der Waals surface area contributed by atoms with E-state index in [0.717, 1.165) is 22.0 Å². The summed E-state index contributed by atoms with van der Waals surface area (Å²) in [6, 6.07) is 13.4. The number of para-hydroxylation sites is 1. The SMILES string of the molecule is NCCN[C@@H](Cc1c[nH]c2ccccc12)C(=O)N[C@@H](Cc1ccc(O)cc1)C(=O)I. The molecule has 0 unspecified atom stereocenters. The van der Waals surface area contributed by atoms with E-state index in [1.807, 2.05) is 30.5 Å². The number of phenols is 1. The molecule has 1 amide bonds. The molecule has 6 N–H and O–H groups in total.